The molecular weight excluding hydrogens is 276 g/mol. The van der Waals surface area contributed by atoms with Crippen molar-refractivity contribution in [1.29, 1.82) is 0 Å². The second-order valence-corrected chi connectivity index (χ2v) is 5.72. The van der Waals surface area contributed by atoms with E-state index in [1.807, 2.05) is 26.0 Å². The van der Waals surface area contributed by atoms with E-state index in [-0.39, 0.29) is 5.56 Å². The molecule has 1 aromatic carbocycles. The normalized spacial score (nSPS) is 12.5. The van der Waals surface area contributed by atoms with Gasteiger partial charge in [0.1, 0.15) is 11.1 Å². The van der Waals surface area contributed by atoms with E-state index in [2.05, 4.69) is 9.97 Å². The number of aryl methyl sites for hydroxylation is 1. The number of carboxylic acids is 1. The highest BCUT2D eigenvalue weighted by Crippen LogP contribution is 2.20. The summed E-state index contributed by atoms with van der Waals surface area (Å²) in [6.07, 6.45) is 0.539. The minimum Gasteiger partial charge on any atom is -0.480 e. The standard InChI is InChI=1S/C14H16N2O3S/c1-3-10(14(18)19)20-7-11-15-12-8(2)5-4-6-9(12)13(17)16-11/h4-6,10H,3,7H2,1-2H3,(H,18,19)(H,15,16,17). The van der Waals surface area contributed by atoms with Crippen LogP contribution in [0.15, 0.2) is 23.0 Å². The molecule has 1 aromatic heterocycles. The molecular formula is C14H16N2O3S. The Morgan fingerprint density at radius 2 is 2.25 bits per heavy atom. The summed E-state index contributed by atoms with van der Waals surface area (Å²) in [5.74, 6) is 0.0583. The number of aromatic nitrogens is 2. The molecule has 0 saturated carbocycles. The van der Waals surface area contributed by atoms with E-state index in [0.717, 1.165) is 5.56 Å². The topological polar surface area (TPSA) is 83.0 Å². The summed E-state index contributed by atoms with van der Waals surface area (Å²) in [7, 11) is 0. The van der Waals surface area contributed by atoms with Crippen molar-refractivity contribution in [2.45, 2.75) is 31.3 Å². The Bertz CT molecular complexity index is 696. The van der Waals surface area contributed by atoms with E-state index in [4.69, 9.17) is 5.11 Å². The van der Waals surface area contributed by atoms with Crippen LogP contribution in [-0.4, -0.2) is 26.3 Å². The number of nitrogens with one attached hydrogen (secondary N) is 1. The highest BCUT2D eigenvalue weighted by atomic mass is 32.2. The maximum atomic E-state index is 12.0. The zero-order chi connectivity index (χ0) is 14.7. The molecule has 5 nitrogen and oxygen atoms in total. The van der Waals surface area contributed by atoms with E-state index < -0.39 is 11.2 Å². The van der Waals surface area contributed by atoms with Crippen molar-refractivity contribution < 1.29 is 9.90 Å². The number of H-pyrrole nitrogens is 1. The molecule has 0 amide bonds. The lowest BCUT2D eigenvalue weighted by atomic mass is 10.1. The van der Waals surface area contributed by atoms with E-state index in [1.54, 1.807) is 6.07 Å². The fraction of sp³-hybridized carbons (Fsp3) is 0.357. The number of fused-ring (bicyclic) bond motifs is 1. The molecule has 0 saturated heterocycles. The molecule has 1 heterocycles. The summed E-state index contributed by atoms with van der Waals surface area (Å²) in [6.45, 7) is 3.73. The molecule has 2 aromatic rings. The van der Waals surface area contributed by atoms with E-state index >= 15 is 0 Å². The molecule has 0 fully saturated rings. The average molecular weight is 292 g/mol. The molecule has 1 unspecified atom stereocenters. The predicted molar refractivity (Wildman–Crippen MR) is 80.1 cm³/mol. The van der Waals surface area contributed by atoms with Crippen LogP contribution in [0.2, 0.25) is 0 Å². The molecule has 106 valence electrons. The van der Waals surface area contributed by atoms with Gasteiger partial charge in [0.05, 0.1) is 16.7 Å². The summed E-state index contributed by atoms with van der Waals surface area (Å²) in [4.78, 5) is 30.1. The predicted octanol–water partition coefficient (Wildman–Crippen LogP) is 2.33. The van der Waals surface area contributed by atoms with E-state index in [0.29, 0.717) is 28.9 Å². The van der Waals surface area contributed by atoms with Crippen LogP contribution < -0.4 is 5.56 Å². The van der Waals surface area contributed by atoms with Gasteiger partial charge in [-0.25, -0.2) is 4.98 Å². The molecule has 20 heavy (non-hydrogen) atoms. The number of rotatable bonds is 5. The van der Waals surface area contributed by atoms with E-state index in [1.165, 1.54) is 11.8 Å². The SMILES string of the molecule is CCC(SCc1nc2c(C)cccc2c(=O)[nH]1)C(=O)O. The number of benzene rings is 1. The first kappa shape index (κ1) is 14.6. The van der Waals surface area contributed by atoms with Crippen LogP contribution in [-0.2, 0) is 10.5 Å². The van der Waals surface area contributed by atoms with Gasteiger partial charge in [-0.15, -0.1) is 11.8 Å². The average Bonchev–Trinajstić information content (AvgIpc) is 2.40. The Morgan fingerprint density at radius 3 is 2.90 bits per heavy atom. The van der Waals surface area contributed by atoms with Gasteiger partial charge in [0.15, 0.2) is 0 Å². The summed E-state index contributed by atoms with van der Waals surface area (Å²) >= 11 is 1.27. The maximum Gasteiger partial charge on any atom is 0.316 e. The Hall–Kier alpha value is -1.82. The number of para-hydroxylation sites is 1. The molecule has 0 spiro atoms. The van der Waals surface area contributed by atoms with E-state index in [9.17, 15) is 9.59 Å². The van der Waals surface area contributed by atoms with Crippen LogP contribution in [0.25, 0.3) is 10.9 Å². The summed E-state index contributed by atoms with van der Waals surface area (Å²) in [5.41, 5.74) is 1.43. The van der Waals surface area contributed by atoms with Gasteiger partial charge in [-0.05, 0) is 25.0 Å². The minimum absolute atomic E-state index is 0.183. The van der Waals surface area contributed by atoms with Crippen LogP contribution in [0.1, 0.15) is 24.7 Å². The Kier molecular flexibility index (Phi) is 4.44. The van der Waals surface area contributed by atoms with Crippen LogP contribution in [0.3, 0.4) is 0 Å². The minimum atomic E-state index is -0.836. The zero-order valence-corrected chi connectivity index (χ0v) is 12.2. The molecule has 0 radical (unpaired) electrons. The Morgan fingerprint density at radius 1 is 1.50 bits per heavy atom. The van der Waals surface area contributed by atoms with Crippen molar-refractivity contribution in [2.24, 2.45) is 0 Å². The number of aliphatic carboxylic acids is 1. The Balaban J connectivity index is 2.30. The molecule has 6 heteroatoms. The van der Waals surface area contributed by atoms with Crippen molar-refractivity contribution in [1.82, 2.24) is 9.97 Å². The third kappa shape index (κ3) is 3.01. The number of carbonyl (C=O) groups is 1. The number of carboxylic acid groups (broad SMARTS) is 1. The number of hydrogen-bond donors (Lipinski definition) is 2. The van der Waals surface area contributed by atoms with Crippen molar-refractivity contribution in [3.63, 3.8) is 0 Å². The fourth-order valence-electron chi connectivity index (χ4n) is 1.96. The first-order chi connectivity index (χ1) is 9.52. The number of hydrogen-bond acceptors (Lipinski definition) is 4. The highest BCUT2D eigenvalue weighted by molar-refractivity contribution is 7.99. The van der Waals surface area contributed by atoms with Crippen molar-refractivity contribution in [3.05, 3.63) is 39.9 Å². The van der Waals surface area contributed by atoms with Gasteiger partial charge in [0.2, 0.25) is 0 Å². The van der Waals surface area contributed by atoms with Gasteiger partial charge >= 0.3 is 5.97 Å². The summed E-state index contributed by atoms with van der Waals surface area (Å²) in [6, 6.07) is 5.45. The number of aromatic amines is 1. The molecule has 2 N–H and O–H groups in total. The van der Waals surface area contributed by atoms with Crippen LogP contribution >= 0.6 is 11.8 Å². The van der Waals surface area contributed by atoms with Gasteiger partial charge in [0.25, 0.3) is 5.56 Å². The van der Waals surface area contributed by atoms with Crippen molar-refractivity contribution >= 4 is 28.6 Å². The smallest absolute Gasteiger partial charge is 0.316 e. The van der Waals surface area contributed by atoms with Gasteiger partial charge in [-0.1, -0.05) is 19.1 Å². The van der Waals surface area contributed by atoms with Crippen molar-refractivity contribution in [2.75, 3.05) is 0 Å². The fourth-order valence-corrected chi connectivity index (χ4v) is 2.84. The first-order valence-electron chi connectivity index (χ1n) is 6.36. The summed E-state index contributed by atoms with van der Waals surface area (Å²) in [5, 5.41) is 9.09. The molecule has 0 aliphatic rings. The number of thioether (sulfide) groups is 1. The zero-order valence-electron chi connectivity index (χ0n) is 11.3. The molecule has 2 rings (SSSR count). The monoisotopic (exact) mass is 292 g/mol. The van der Waals surface area contributed by atoms with Crippen LogP contribution in [0, 0.1) is 6.92 Å². The second kappa shape index (κ2) is 6.09. The lowest BCUT2D eigenvalue weighted by molar-refractivity contribution is -0.136. The van der Waals surface area contributed by atoms with Gasteiger partial charge in [-0.2, -0.15) is 0 Å². The molecule has 0 aliphatic carbocycles. The van der Waals surface area contributed by atoms with Crippen LogP contribution in [0.4, 0.5) is 0 Å². The summed E-state index contributed by atoms with van der Waals surface area (Å²) < 4.78 is 0. The maximum absolute atomic E-state index is 12.0. The Labute approximate surface area is 120 Å². The van der Waals surface area contributed by atoms with Gasteiger partial charge in [0, 0.05) is 0 Å². The first-order valence-corrected chi connectivity index (χ1v) is 7.40. The molecule has 1 atom stereocenters. The molecule has 0 bridgehead atoms. The van der Waals surface area contributed by atoms with Gasteiger partial charge in [-0.3, -0.25) is 9.59 Å². The van der Waals surface area contributed by atoms with Crippen LogP contribution in [0.5, 0.6) is 0 Å². The van der Waals surface area contributed by atoms with Crippen molar-refractivity contribution in [3.8, 4) is 0 Å². The highest BCUT2D eigenvalue weighted by Gasteiger charge is 2.16. The third-order valence-corrected chi connectivity index (χ3v) is 4.43. The molecule has 0 aliphatic heterocycles. The second-order valence-electron chi connectivity index (χ2n) is 4.53. The van der Waals surface area contributed by atoms with Gasteiger partial charge < -0.3 is 10.1 Å². The lowest BCUT2D eigenvalue weighted by Crippen LogP contribution is -2.17. The third-order valence-electron chi connectivity index (χ3n) is 3.05. The quantitative estimate of drug-likeness (QED) is 0.883. The largest absolute Gasteiger partial charge is 0.480 e. The number of nitrogens with zero attached hydrogens (tertiary/aromatic N) is 1. The lowest BCUT2D eigenvalue weighted by Gasteiger charge is -2.09.